The Morgan fingerprint density at radius 3 is 2.89 bits per heavy atom. The number of nitrogens with zero attached hydrogens (tertiary/aromatic N) is 1. The topological polar surface area (TPSA) is 66.0 Å². The van der Waals surface area contributed by atoms with Crippen molar-refractivity contribution in [3.63, 3.8) is 0 Å². The predicted octanol–water partition coefficient (Wildman–Crippen LogP) is 2.58. The molecule has 0 aromatic carbocycles. The SMILES string of the molecule is CCCCNc1ccc(NC(=O)NC2CC2)nc1. The van der Waals surface area contributed by atoms with Gasteiger partial charge in [-0.25, -0.2) is 9.78 Å². The number of nitrogens with one attached hydrogen (secondary N) is 3. The van der Waals surface area contributed by atoms with Crippen LogP contribution >= 0.6 is 0 Å². The van der Waals surface area contributed by atoms with E-state index in [4.69, 9.17) is 0 Å². The van der Waals surface area contributed by atoms with Crippen LogP contribution in [0.1, 0.15) is 32.6 Å². The molecule has 0 saturated heterocycles. The molecule has 1 heterocycles. The van der Waals surface area contributed by atoms with Crippen molar-refractivity contribution in [1.29, 1.82) is 0 Å². The van der Waals surface area contributed by atoms with Gasteiger partial charge in [-0.2, -0.15) is 0 Å². The Hall–Kier alpha value is -1.78. The summed E-state index contributed by atoms with van der Waals surface area (Å²) in [6.07, 6.45) is 6.22. The summed E-state index contributed by atoms with van der Waals surface area (Å²) in [5.74, 6) is 0.578. The molecule has 98 valence electrons. The molecule has 5 heteroatoms. The van der Waals surface area contributed by atoms with Crippen LogP contribution in [0.5, 0.6) is 0 Å². The highest BCUT2D eigenvalue weighted by Crippen LogP contribution is 2.18. The average Bonchev–Trinajstić information content (AvgIpc) is 3.15. The van der Waals surface area contributed by atoms with Crippen LogP contribution in [0.3, 0.4) is 0 Å². The molecule has 2 amide bonds. The quantitative estimate of drug-likeness (QED) is 0.678. The summed E-state index contributed by atoms with van der Waals surface area (Å²) in [6, 6.07) is 3.92. The first-order valence-corrected chi connectivity index (χ1v) is 6.55. The molecule has 0 radical (unpaired) electrons. The highest BCUT2D eigenvalue weighted by molar-refractivity contribution is 5.88. The molecule has 18 heavy (non-hydrogen) atoms. The van der Waals surface area contributed by atoms with Crippen LogP contribution in [0.4, 0.5) is 16.3 Å². The molecule has 1 aromatic heterocycles. The maximum Gasteiger partial charge on any atom is 0.320 e. The van der Waals surface area contributed by atoms with Gasteiger partial charge in [-0.15, -0.1) is 0 Å². The van der Waals surface area contributed by atoms with Gasteiger partial charge in [0.2, 0.25) is 0 Å². The lowest BCUT2D eigenvalue weighted by molar-refractivity contribution is 0.251. The number of aromatic nitrogens is 1. The van der Waals surface area contributed by atoms with Crippen LogP contribution in [-0.2, 0) is 0 Å². The number of unbranched alkanes of at least 4 members (excludes halogenated alkanes) is 1. The molecule has 1 fully saturated rings. The van der Waals surface area contributed by atoms with Crippen LogP contribution < -0.4 is 16.0 Å². The van der Waals surface area contributed by atoms with E-state index in [0.717, 1.165) is 31.5 Å². The molecular formula is C13H20N4O. The maximum absolute atomic E-state index is 11.5. The second-order valence-electron chi connectivity index (χ2n) is 4.59. The summed E-state index contributed by atoms with van der Waals surface area (Å²) in [5.41, 5.74) is 0.983. The third-order valence-electron chi connectivity index (χ3n) is 2.78. The van der Waals surface area contributed by atoms with E-state index in [0.29, 0.717) is 11.9 Å². The normalized spacial score (nSPS) is 14.1. The van der Waals surface area contributed by atoms with Gasteiger partial charge in [0.1, 0.15) is 5.82 Å². The Morgan fingerprint density at radius 1 is 1.44 bits per heavy atom. The molecule has 1 aromatic rings. The first kappa shape index (κ1) is 12.7. The van der Waals surface area contributed by atoms with Gasteiger partial charge < -0.3 is 10.6 Å². The number of pyridine rings is 1. The predicted molar refractivity (Wildman–Crippen MR) is 72.8 cm³/mol. The number of anilines is 2. The van der Waals surface area contributed by atoms with Crippen molar-refractivity contribution in [2.45, 2.75) is 38.6 Å². The van der Waals surface area contributed by atoms with Gasteiger partial charge in [0.25, 0.3) is 0 Å². The lowest BCUT2D eigenvalue weighted by atomic mass is 10.3. The van der Waals surface area contributed by atoms with Crippen LogP contribution in [0.15, 0.2) is 18.3 Å². The largest absolute Gasteiger partial charge is 0.384 e. The number of rotatable bonds is 6. The minimum absolute atomic E-state index is 0.170. The Labute approximate surface area is 107 Å². The van der Waals surface area contributed by atoms with E-state index >= 15 is 0 Å². The van der Waals surface area contributed by atoms with Crippen molar-refractivity contribution in [3.05, 3.63) is 18.3 Å². The Morgan fingerprint density at radius 2 is 2.28 bits per heavy atom. The van der Waals surface area contributed by atoms with Crippen LogP contribution in [-0.4, -0.2) is 23.6 Å². The van der Waals surface area contributed by atoms with Crippen molar-refractivity contribution >= 4 is 17.5 Å². The van der Waals surface area contributed by atoms with Crippen molar-refractivity contribution in [1.82, 2.24) is 10.3 Å². The third-order valence-corrected chi connectivity index (χ3v) is 2.78. The van der Waals surface area contributed by atoms with E-state index in [9.17, 15) is 4.79 Å². The summed E-state index contributed by atoms with van der Waals surface area (Å²) >= 11 is 0. The van der Waals surface area contributed by atoms with E-state index in [1.165, 1.54) is 6.42 Å². The van der Waals surface area contributed by atoms with E-state index in [1.54, 1.807) is 12.3 Å². The smallest absolute Gasteiger partial charge is 0.320 e. The van der Waals surface area contributed by atoms with Gasteiger partial charge in [0, 0.05) is 12.6 Å². The number of carbonyl (C=O) groups is 1. The molecule has 0 bridgehead atoms. The second-order valence-corrected chi connectivity index (χ2v) is 4.59. The van der Waals surface area contributed by atoms with Crippen molar-refractivity contribution in [2.24, 2.45) is 0 Å². The van der Waals surface area contributed by atoms with E-state index in [-0.39, 0.29) is 6.03 Å². The molecule has 0 spiro atoms. The number of urea groups is 1. The number of hydrogen-bond acceptors (Lipinski definition) is 3. The van der Waals surface area contributed by atoms with Gasteiger partial charge in [-0.05, 0) is 31.4 Å². The molecule has 1 aliphatic rings. The lowest BCUT2D eigenvalue weighted by Gasteiger charge is -2.08. The summed E-state index contributed by atoms with van der Waals surface area (Å²) in [7, 11) is 0. The molecule has 0 unspecified atom stereocenters. The van der Waals surface area contributed by atoms with Crippen LogP contribution in [0.2, 0.25) is 0 Å². The molecule has 0 aliphatic heterocycles. The van der Waals surface area contributed by atoms with Crippen LogP contribution in [0.25, 0.3) is 0 Å². The van der Waals surface area contributed by atoms with Gasteiger partial charge in [-0.1, -0.05) is 13.3 Å². The highest BCUT2D eigenvalue weighted by atomic mass is 16.2. The molecular weight excluding hydrogens is 228 g/mol. The molecule has 1 saturated carbocycles. The van der Waals surface area contributed by atoms with Gasteiger partial charge >= 0.3 is 6.03 Å². The molecule has 3 N–H and O–H groups in total. The zero-order chi connectivity index (χ0) is 12.8. The molecule has 2 rings (SSSR count). The monoisotopic (exact) mass is 248 g/mol. The number of carbonyl (C=O) groups excluding carboxylic acids is 1. The average molecular weight is 248 g/mol. The molecule has 5 nitrogen and oxygen atoms in total. The summed E-state index contributed by atoms with van der Waals surface area (Å²) < 4.78 is 0. The van der Waals surface area contributed by atoms with E-state index < -0.39 is 0 Å². The first-order valence-electron chi connectivity index (χ1n) is 6.55. The molecule has 1 aliphatic carbocycles. The van der Waals surface area contributed by atoms with Gasteiger partial charge in [0.15, 0.2) is 0 Å². The fraction of sp³-hybridized carbons (Fsp3) is 0.538. The Balaban J connectivity index is 1.77. The number of amides is 2. The first-order chi connectivity index (χ1) is 8.78. The van der Waals surface area contributed by atoms with Crippen molar-refractivity contribution in [3.8, 4) is 0 Å². The fourth-order valence-corrected chi connectivity index (χ4v) is 1.55. The molecule has 0 atom stereocenters. The van der Waals surface area contributed by atoms with Crippen molar-refractivity contribution in [2.75, 3.05) is 17.2 Å². The van der Waals surface area contributed by atoms with Crippen molar-refractivity contribution < 1.29 is 4.79 Å². The Kier molecular flexibility index (Phi) is 4.39. The lowest BCUT2D eigenvalue weighted by Crippen LogP contribution is -2.30. The zero-order valence-corrected chi connectivity index (χ0v) is 10.7. The summed E-state index contributed by atoms with van der Waals surface area (Å²) in [5, 5.41) is 8.85. The van der Waals surface area contributed by atoms with E-state index in [1.807, 2.05) is 6.07 Å². The zero-order valence-electron chi connectivity index (χ0n) is 10.7. The van der Waals surface area contributed by atoms with E-state index in [2.05, 4.69) is 27.9 Å². The standard InChI is InChI=1S/C13H20N4O/c1-2-3-8-14-11-6-7-12(15-9-11)17-13(18)16-10-4-5-10/h6-7,9-10,14H,2-5,8H2,1H3,(H2,15,16,17,18). The summed E-state index contributed by atoms with van der Waals surface area (Å²) in [4.78, 5) is 15.7. The highest BCUT2D eigenvalue weighted by Gasteiger charge is 2.23. The summed E-state index contributed by atoms with van der Waals surface area (Å²) in [6.45, 7) is 3.11. The maximum atomic E-state index is 11.5. The minimum atomic E-state index is -0.170. The third kappa shape index (κ3) is 4.24. The van der Waals surface area contributed by atoms with Gasteiger partial charge in [0.05, 0.1) is 11.9 Å². The Bertz CT molecular complexity index is 386. The van der Waals surface area contributed by atoms with Crippen LogP contribution in [0, 0.1) is 0 Å². The number of hydrogen-bond donors (Lipinski definition) is 3. The second kappa shape index (κ2) is 6.23. The van der Waals surface area contributed by atoms with Gasteiger partial charge in [-0.3, -0.25) is 5.32 Å². The fourth-order valence-electron chi connectivity index (χ4n) is 1.55. The minimum Gasteiger partial charge on any atom is -0.384 e.